The maximum atomic E-state index is 11.0. The molecule has 0 spiro atoms. The van der Waals surface area contributed by atoms with Crippen LogP contribution >= 0.6 is 11.8 Å². The third kappa shape index (κ3) is 3.98. The van der Waals surface area contributed by atoms with Crippen molar-refractivity contribution in [1.29, 1.82) is 0 Å². The van der Waals surface area contributed by atoms with E-state index in [9.17, 15) is 4.79 Å². The van der Waals surface area contributed by atoms with E-state index in [1.54, 1.807) is 0 Å². The molecule has 92 valence electrons. The van der Waals surface area contributed by atoms with E-state index in [0.29, 0.717) is 6.04 Å². The van der Waals surface area contributed by atoms with Gasteiger partial charge in [0.25, 0.3) is 0 Å². The summed E-state index contributed by atoms with van der Waals surface area (Å²) in [4.78, 5) is 11.0. The van der Waals surface area contributed by atoms with Gasteiger partial charge in [0.2, 0.25) is 0 Å². The number of nitrogens with one attached hydrogen (secondary N) is 1. The minimum atomic E-state index is -0.689. The molecule has 2 saturated carbocycles. The Morgan fingerprint density at radius 3 is 2.56 bits per heavy atom. The predicted octanol–water partition coefficient (Wildman–Crippen LogP) is 2.12. The number of hydrogen-bond donors (Lipinski definition) is 2. The lowest BCUT2D eigenvalue weighted by atomic mass is 10.1. The van der Waals surface area contributed by atoms with Gasteiger partial charge in [0.15, 0.2) is 0 Å². The molecule has 0 bridgehead atoms. The number of carboxylic acid groups (broad SMARTS) is 1. The van der Waals surface area contributed by atoms with E-state index in [1.807, 2.05) is 11.8 Å². The van der Waals surface area contributed by atoms with Gasteiger partial charge in [0.1, 0.15) is 6.04 Å². The van der Waals surface area contributed by atoms with Crippen molar-refractivity contribution in [2.75, 3.05) is 11.5 Å². The van der Waals surface area contributed by atoms with Crippen LogP contribution in [0.3, 0.4) is 0 Å². The summed E-state index contributed by atoms with van der Waals surface area (Å²) in [6, 6.07) is 0.145. The molecule has 0 heterocycles. The van der Waals surface area contributed by atoms with Gasteiger partial charge in [-0.1, -0.05) is 12.8 Å². The first-order chi connectivity index (χ1) is 7.75. The van der Waals surface area contributed by atoms with Crippen LogP contribution in [-0.4, -0.2) is 34.7 Å². The van der Waals surface area contributed by atoms with Crippen molar-refractivity contribution in [3.05, 3.63) is 0 Å². The van der Waals surface area contributed by atoms with Crippen LogP contribution < -0.4 is 5.32 Å². The van der Waals surface area contributed by atoms with Crippen molar-refractivity contribution in [1.82, 2.24) is 5.32 Å². The molecule has 16 heavy (non-hydrogen) atoms. The number of rotatable bonds is 7. The standard InChI is InChI=1S/C12H21NO2S/c14-12(15)11(13-10-5-6-10)8-16-7-9-3-1-2-4-9/h9-11,13H,1-8H2,(H,14,15). The highest BCUT2D eigenvalue weighted by atomic mass is 32.2. The Morgan fingerprint density at radius 2 is 2.00 bits per heavy atom. The van der Waals surface area contributed by atoms with Crippen molar-refractivity contribution >= 4 is 17.7 Å². The van der Waals surface area contributed by atoms with Gasteiger partial charge in [-0.2, -0.15) is 11.8 Å². The summed E-state index contributed by atoms with van der Waals surface area (Å²) in [6.45, 7) is 0. The summed E-state index contributed by atoms with van der Waals surface area (Å²) in [6.07, 6.45) is 7.73. The molecule has 2 rings (SSSR count). The third-order valence-corrected chi connectivity index (χ3v) is 4.70. The minimum Gasteiger partial charge on any atom is -0.480 e. The van der Waals surface area contributed by atoms with E-state index in [0.717, 1.165) is 30.3 Å². The maximum Gasteiger partial charge on any atom is 0.321 e. The first kappa shape index (κ1) is 12.2. The van der Waals surface area contributed by atoms with Crippen molar-refractivity contribution in [3.8, 4) is 0 Å². The van der Waals surface area contributed by atoms with Crippen LogP contribution in [0.15, 0.2) is 0 Å². The second kappa shape index (κ2) is 5.92. The number of hydrogen-bond acceptors (Lipinski definition) is 3. The fourth-order valence-corrected chi connectivity index (χ4v) is 3.53. The Hall–Kier alpha value is -0.220. The van der Waals surface area contributed by atoms with E-state index in [1.165, 1.54) is 25.7 Å². The zero-order valence-electron chi connectivity index (χ0n) is 9.65. The molecule has 2 aliphatic rings. The Kier molecular flexibility index (Phi) is 4.53. The second-order valence-electron chi connectivity index (χ2n) is 5.02. The topological polar surface area (TPSA) is 49.3 Å². The van der Waals surface area contributed by atoms with Crippen molar-refractivity contribution < 1.29 is 9.90 Å². The zero-order valence-corrected chi connectivity index (χ0v) is 10.5. The molecule has 2 fully saturated rings. The largest absolute Gasteiger partial charge is 0.480 e. The average molecular weight is 243 g/mol. The van der Waals surface area contributed by atoms with Gasteiger partial charge >= 0.3 is 5.97 Å². The van der Waals surface area contributed by atoms with Crippen molar-refractivity contribution in [2.45, 2.75) is 50.6 Å². The summed E-state index contributed by atoms with van der Waals surface area (Å²) in [7, 11) is 0. The lowest BCUT2D eigenvalue weighted by Crippen LogP contribution is -2.40. The average Bonchev–Trinajstić information content (AvgIpc) is 2.91. The van der Waals surface area contributed by atoms with Crippen LogP contribution in [0.1, 0.15) is 38.5 Å². The monoisotopic (exact) mass is 243 g/mol. The molecule has 0 amide bonds. The lowest BCUT2D eigenvalue weighted by Gasteiger charge is -2.15. The molecular formula is C12H21NO2S. The number of aliphatic carboxylic acids is 1. The van der Waals surface area contributed by atoms with E-state index in [2.05, 4.69) is 5.32 Å². The third-order valence-electron chi connectivity index (χ3n) is 3.43. The zero-order chi connectivity index (χ0) is 11.4. The normalized spacial score (nSPS) is 23.5. The minimum absolute atomic E-state index is 0.334. The molecular weight excluding hydrogens is 222 g/mol. The summed E-state index contributed by atoms with van der Waals surface area (Å²) in [5.41, 5.74) is 0. The first-order valence-corrected chi connectivity index (χ1v) is 7.48. The van der Waals surface area contributed by atoms with Crippen molar-refractivity contribution in [2.24, 2.45) is 5.92 Å². The van der Waals surface area contributed by atoms with Crippen molar-refractivity contribution in [3.63, 3.8) is 0 Å². The lowest BCUT2D eigenvalue weighted by molar-refractivity contribution is -0.138. The number of carbonyl (C=O) groups is 1. The highest BCUT2D eigenvalue weighted by molar-refractivity contribution is 7.99. The molecule has 0 saturated heterocycles. The van der Waals surface area contributed by atoms with Crippen LogP contribution in [0, 0.1) is 5.92 Å². The van der Waals surface area contributed by atoms with Crippen LogP contribution in [0.2, 0.25) is 0 Å². The van der Waals surface area contributed by atoms with E-state index in [-0.39, 0.29) is 6.04 Å². The van der Waals surface area contributed by atoms with Gasteiger partial charge < -0.3 is 10.4 Å². The summed E-state index contributed by atoms with van der Waals surface area (Å²) < 4.78 is 0. The molecule has 3 nitrogen and oxygen atoms in total. The van der Waals surface area contributed by atoms with Gasteiger partial charge in [-0.15, -0.1) is 0 Å². The van der Waals surface area contributed by atoms with Crippen LogP contribution in [-0.2, 0) is 4.79 Å². The number of carboxylic acids is 1. The van der Waals surface area contributed by atoms with Gasteiger partial charge in [-0.25, -0.2) is 0 Å². The molecule has 2 aliphatic carbocycles. The fourth-order valence-electron chi connectivity index (χ4n) is 2.25. The summed E-state index contributed by atoms with van der Waals surface area (Å²) in [5.74, 6) is 2.03. The number of thioether (sulfide) groups is 1. The molecule has 0 aromatic rings. The van der Waals surface area contributed by atoms with Crippen LogP contribution in [0.5, 0.6) is 0 Å². The van der Waals surface area contributed by atoms with Gasteiger partial charge in [-0.3, -0.25) is 4.79 Å². The molecule has 0 aromatic carbocycles. The molecule has 0 radical (unpaired) electrons. The Labute approximate surface area is 101 Å². The molecule has 1 atom stereocenters. The van der Waals surface area contributed by atoms with E-state index < -0.39 is 5.97 Å². The molecule has 0 aliphatic heterocycles. The molecule has 0 aromatic heterocycles. The van der Waals surface area contributed by atoms with Gasteiger partial charge in [0.05, 0.1) is 0 Å². The van der Waals surface area contributed by atoms with E-state index in [4.69, 9.17) is 5.11 Å². The predicted molar refractivity (Wildman–Crippen MR) is 66.9 cm³/mol. The molecule has 2 N–H and O–H groups in total. The maximum absolute atomic E-state index is 11.0. The highest BCUT2D eigenvalue weighted by Gasteiger charge is 2.28. The molecule has 4 heteroatoms. The quantitative estimate of drug-likeness (QED) is 0.719. The van der Waals surface area contributed by atoms with Gasteiger partial charge in [0, 0.05) is 11.8 Å². The summed E-state index contributed by atoms with van der Waals surface area (Å²) >= 11 is 1.81. The second-order valence-corrected chi connectivity index (χ2v) is 6.09. The van der Waals surface area contributed by atoms with Crippen LogP contribution in [0.4, 0.5) is 0 Å². The first-order valence-electron chi connectivity index (χ1n) is 6.32. The van der Waals surface area contributed by atoms with Gasteiger partial charge in [-0.05, 0) is 37.4 Å². The van der Waals surface area contributed by atoms with Crippen LogP contribution in [0.25, 0.3) is 0 Å². The summed E-state index contributed by atoms with van der Waals surface area (Å²) in [5, 5.41) is 12.3. The smallest absolute Gasteiger partial charge is 0.321 e. The Bertz CT molecular complexity index is 237. The van der Waals surface area contributed by atoms with E-state index >= 15 is 0 Å². The highest BCUT2D eigenvalue weighted by Crippen LogP contribution is 2.28. The molecule has 1 unspecified atom stereocenters. The SMILES string of the molecule is O=C(O)C(CSCC1CCCC1)NC1CC1. The Morgan fingerprint density at radius 1 is 1.31 bits per heavy atom. The Balaban J connectivity index is 1.62. The fraction of sp³-hybridized carbons (Fsp3) is 0.917.